The molecule has 1 aromatic heterocycles. The standard InChI is InChI=1S/C26H19F6N3O2S/c27-25(28,29)17-4-1-3-16(13-17)21-8-7-20(37-21)15-22-23(36)33-24(38-22)35-11-9-34(10-12-35)19-6-2-5-18(14-19)26(30,31)32/h1-8,13-15H,9-12H2/b22-15+. The van der Waals surface area contributed by atoms with Crippen LogP contribution in [0.25, 0.3) is 17.4 Å². The van der Waals surface area contributed by atoms with Crippen LogP contribution >= 0.6 is 11.8 Å². The summed E-state index contributed by atoms with van der Waals surface area (Å²) in [7, 11) is 0. The van der Waals surface area contributed by atoms with Gasteiger partial charge >= 0.3 is 12.4 Å². The summed E-state index contributed by atoms with van der Waals surface area (Å²) < 4.78 is 83.9. The number of alkyl halides is 6. The van der Waals surface area contributed by atoms with Crippen LogP contribution in [0.1, 0.15) is 16.9 Å². The first kappa shape index (κ1) is 26.0. The Balaban J connectivity index is 1.23. The molecule has 2 aliphatic rings. The summed E-state index contributed by atoms with van der Waals surface area (Å²) in [5, 5.41) is 0.481. The van der Waals surface area contributed by atoms with Crippen molar-refractivity contribution in [2.24, 2.45) is 4.99 Å². The van der Waals surface area contributed by atoms with Crippen LogP contribution in [0, 0.1) is 0 Å². The lowest BCUT2D eigenvalue weighted by Gasteiger charge is -2.36. The maximum atomic E-state index is 13.0. The highest BCUT2D eigenvalue weighted by molar-refractivity contribution is 8.18. The normalized spacial score (nSPS) is 17.9. The molecular weight excluding hydrogens is 532 g/mol. The Morgan fingerprint density at radius 2 is 1.45 bits per heavy atom. The summed E-state index contributed by atoms with van der Waals surface area (Å²) in [6.45, 7) is 1.82. The van der Waals surface area contributed by atoms with Crippen molar-refractivity contribution in [3.05, 3.63) is 82.5 Å². The molecule has 3 aromatic rings. The van der Waals surface area contributed by atoms with Crippen molar-refractivity contribution in [2.45, 2.75) is 12.4 Å². The molecule has 0 radical (unpaired) electrons. The third-order valence-corrected chi connectivity index (χ3v) is 7.12. The number of furan rings is 1. The van der Waals surface area contributed by atoms with Gasteiger partial charge in [0, 0.05) is 43.5 Å². The molecule has 0 unspecified atom stereocenters. The minimum Gasteiger partial charge on any atom is -0.457 e. The maximum Gasteiger partial charge on any atom is 0.416 e. The van der Waals surface area contributed by atoms with E-state index in [9.17, 15) is 31.1 Å². The molecule has 12 heteroatoms. The molecule has 0 spiro atoms. The molecule has 1 amide bonds. The minimum absolute atomic E-state index is 0.227. The van der Waals surface area contributed by atoms with Gasteiger partial charge in [0.2, 0.25) is 0 Å². The van der Waals surface area contributed by atoms with Gasteiger partial charge in [0.25, 0.3) is 5.91 Å². The van der Waals surface area contributed by atoms with Gasteiger partial charge in [0.1, 0.15) is 11.5 Å². The highest BCUT2D eigenvalue weighted by Crippen LogP contribution is 2.35. The fraction of sp³-hybridized carbons (Fsp3) is 0.231. The van der Waals surface area contributed by atoms with Crippen molar-refractivity contribution in [3.63, 3.8) is 0 Å². The molecule has 1 fully saturated rings. The predicted molar refractivity (Wildman–Crippen MR) is 132 cm³/mol. The van der Waals surface area contributed by atoms with Crippen LogP contribution in [-0.2, 0) is 17.1 Å². The second-order valence-corrected chi connectivity index (χ2v) is 9.62. The number of benzene rings is 2. The average molecular weight is 552 g/mol. The van der Waals surface area contributed by atoms with Gasteiger partial charge in [-0.15, -0.1) is 0 Å². The molecule has 0 bridgehead atoms. The largest absolute Gasteiger partial charge is 0.457 e. The lowest BCUT2D eigenvalue weighted by molar-refractivity contribution is -0.138. The zero-order valence-electron chi connectivity index (χ0n) is 19.5. The lowest BCUT2D eigenvalue weighted by atomic mass is 10.1. The number of amidine groups is 1. The van der Waals surface area contributed by atoms with Gasteiger partial charge in [-0.3, -0.25) is 4.79 Å². The molecule has 5 rings (SSSR count). The maximum absolute atomic E-state index is 13.0. The zero-order valence-corrected chi connectivity index (χ0v) is 20.3. The number of piperazine rings is 1. The molecule has 3 heterocycles. The minimum atomic E-state index is -4.48. The quantitative estimate of drug-likeness (QED) is 0.266. The molecule has 1 saturated heterocycles. The molecule has 0 aliphatic carbocycles. The van der Waals surface area contributed by atoms with Gasteiger partial charge in [0.05, 0.1) is 16.0 Å². The van der Waals surface area contributed by atoms with E-state index in [-0.39, 0.29) is 11.3 Å². The van der Waals surface area contributed by atoms with Crippen LogP contribution in [0.15, 0.2) is 75.0 Å². The van der Waals surface area contributed by atoms with E-state index in [0.717, 1.165) is 36.0 Å². The summed E-state index contributed by atoms with van der Waals surface area (Å²) in [6.07, 6.45) is -7.41. The highest BCUT2D eigenvalue weighted by atomic mass is 32.2. The third kappa shape index (κ3) is 5.59. The Bertz CT molecular complexity index is 1420. The SMILES string of the molecule is O=C1N=C(N2CCN(c3cccc(C(F)(F)F)c3)CC2)S/C1=C/c1ccc(-c2cccc(C(F)(F)F)c2)o1. The van der Waals surface area contributed by atoms with E-state index in [0.29, 0.717) is 47.7 Å². The topological polar surface area (TPSA) is 49.1 Å². The fourth-order valence-corrected chi connectivity index (χ4v) is 5.08. The molecule has 2 aromatic carbocycles. The first-order valence-electron chi connectivity index (χ1n) is 11.4. The van der Waals surface area contributed by atoms with Crippen LogP contribution in [0.5, 0.6) is 0 Å². The van der Waals surface area contributed by atoms with E-state index in [1.165, 1.54) is 30.3 Å². The van der Waals surface area contributed by atoms with Crippen molar-refractivity contribution < 1.29 is 35.6 Å². The molecule has 2 aliphatic heterocycles. The van der Waals surface area contributed by atoms with Crippen molar-refractivity contribution in [1.82, 2.24) is 4.90 Å². The average Bonchev–Trinajstić information content (AvgIpc) is 3.50. The summed E-state index contributed by atoms with van der Waals surface area (Å²) in [6, 6.07) is 13.0. The van der Waals surface area contributed by atoms with E-state index in [1.54, 1.807) is 12.1 Å². The third-order valence-electron chi connectivity index (χ3n) is 6.07. The van der Waals surface area contributed by atoms with Crippen molar-refractivity contribution in [2.75, 3.05) is 31.1 Å². The van der Waals surface area contributed by atoms with Gasteiger partial charge in [0.15, 0.2) is 5.17 Å². The number of hydrogen-bond acceptors (Lipinski definition) is 5. The van der Waals surface area contributed by atoms with Crippen molar-refractivity contribution >= 4 is 34.6 Å². The van der Waals surface area contributed by atoms with E-state index < -0.39 is 29.4 Å². The highest BCUT2D eigenvalue weighted by Gasteiger charge is 2.33. The number of halogens is 6. The monoisotopic (exact) mass is 551 g/mol. The van der Waals surface area contributed by atoms with Gasteiger partial charge in [-0.2, -0.15) is 31.3 Å². The lowest BCUT2D eigenvalue weighted by Crippen LogP contribution is -2.47. The number of nitrogens with zero attached hydrogens (tertiary/aromatic N) is 3. The smallest absolute Gasteiger partial charge is 0.416 e. The van der Waals surface area contributed by atoms with E-state index in [1.807, 2.05) is 9.80 Å². The molecule has 0 atom stereocenters. The molecule has 0 N–H and O–H groups in total. The molecular formula is C26H19F6N3O2S. The van der Waals surface area contributed by atoms with Crippen LogP contribution in [0.2, 0.25) is 0 Å². The Hall–Kier alpha value is -3.67. The number of carbonyl (C=O) groups is 1. The second kappa shape index (κ2) is 9.90. The molecule has 198 valence electrons. The van der Waals surface area contributed by atoms with Crippen LogP contribution in [-0.4, -0.2) is 42.2 Å². The van der Waals surface area contributed by atoms with E-state index in [4.69, 9.17) is 4.42 Å². The van der Waals surface area contributed by atoms with Crippen LogP contribution in [0.3, 0.4) is 0 Å². The number of anilines is 1. The Kier molecular flexibility index (Phi) is 6.76. The second-order valence-electron chi connectivity index (χ2n) is 8.61. The summed E-state index contributed by atoms with van der Waals surface area (Å²) in [5.74, 6) is 0.0478. The molecule has 5 nitrogen and oxygen atoms in total. The molecule has 38 heavy (non-hydrogen) atoms. The first-order valence-corrected chi connectivity index (χ1v) is 12.3. The van der Waals surface area contributed by atoms with Crippen LogP contribution < -0.4 is 4.90 Å². The molecule has 0 saturated carbocycles. The first-order chi connectivity index (χ1) is 18.0. The predicted octanol–water partition coefficient (Wildman–Crippen LogP) is 6.78. The number of aliphatic imine (C=N–C) groups is 1. The number of hydrogen-bond donors (Lipinski definition) is 0. The number of amides is 1. The van der Waals surface area contributed by atoms with E-state index >= 15 is 0 Å². The fourth-order valence-electron chi connectivity index (χ4n) is 4.13. The van der Waals surface area contributed by atoms with E-state index in [2.05, 4.69) is 4.99 Å². The number of carbonyl (C=O) groups excluding carboxylic acids is 1. The zero-order chi connectivity index (χ0) is 27.1. The van der Waals surface area contributed by atoms with Gasteiger partial charge < -0.3 is 14.2 Å². The Morgan fingerprint density at radius 3 is 2.13 bits per heavy atom. The van der Waals surface area contributed by atoms with Gasteiger partial charge in [-0.1, -0.05) is 18.2 Å². The van der Waals surface area contributed by atoms with Crippen LogP contribution in [0.4, 0.5) is 32.0 Å². The number of thioether (sulfide) groups is 1. The summed E-state index contributed by atoms with van der Waals surface area (Å²) >= 11 is 1.15. The Labute approximate surface area is 217 Å². The summed E-state index contributed by atoms with van der Waals surface area (Å²) in [5.41, 5.74) is -0.765. The number of rotatable bonds is 3. The van der Waals surface area contributed by atoms with Crippen molar-refractivity contribution in [1.29, 1.82) is 0 Å². The van der Waals surface area contributed by atoms with Gasteiger partial charge in [-0.25, -0.2) is 0 Å². The summed E-state index contributed by atoms with van der Waals surface area (Å²) in [4.78, 5) is 20.6. The van der Waals surface area contributed by atoms with Gasteiger partial charge in [-0.05, 0) is 54.2 Å². The van der Waals surface area contributed by atoms with Crippen molar-refractivity contribution in [3.8, 4) is 11.3 Å². The Morgan fingerprint density at radius 1 is 0.816 bits per heavy atom.